The minimum Gasteiger partial charge on any atom is -0.383 e. The highest BCUT2D eigenvalue weighted by Gasteiger charge is 2.43. The highest BCUT2D eigenvalue weighted by Crippen LogP contribution is 2.51. The van der Waals surface area contributed by atoms with Crippen LogP contribution in [0, 0.1) is 0 Å². The van der Waals surface area contributed by atoms with Crippen molar-refractivity contribution < 1.29 is 5.11 Å². The van der Waals surface area contributed by atoms with E-state index in [1.807, 2.05) is 61.7 Å². The molecule has 1 N–H and O–H groups in total. The van der Waals surface area contributed by atoms with Gasteiger partial charge in [-0.25, -0.2) is 4.68 Å². The molecule has 0 fully saturated rings. The van der Waals surface area contributed by atoms with Crippen molar-refractivity contribution in [1.82, 2.24) is 15.0 Å². The zero-order chi connectivity index (χ0) is 20.0. The first-order chi connectivity index (χ1) is 14.0. The van der Waals surface area contributed by atoms with Crippen LogP contribution in [0.1, 0.15) is 35.2 Å². The van der Waals surface area contributed by atoms with E-state index < -0.39 is 5.60 Å². The summed E-state index contributed by atoms with van der Waals surface area (Å²) in [6.07, 6.45) is 1.85. The Morgan fingerprint density at radius 2 is 1.52 bits per heavy atom. The molecule has 144 valence electrons. The minimum absolute atomic E-state index is 0.187. The SMILES string of the molecule is CC(O)(c1cn(Cc2ccc(Br)cc2)nn1)C1c2ccccc2-c2ccccc21. The molecule has 3 aromatic carbocycles. The molecule has 4 aromatic rings. The van der Waals surface area contributed by atoms with Gasteiger partial charge in [0.1, 0.15) is 11.3 Å². The molecule has 29 heavy (non-hydrogen) atoms. The van der Waals surface area contributed by atoms with Gasteiger partial charge in [0, 0.05) is 10.4 Å². The van der Waals surface area contributed by atoms with Crippen molar-refractivity contribution >= 4 is 15.9 Å². The minimum atomic E-state index is -1.18. The molecule has 5 heteroatoms. The summed E-state index contributed by atoms with van der Waals surface area (Å²) in [4.78, 5) is 0. The molecule has 1 aliphatic carbocycles. The first-order valence-corrected chi connectivity index (χ1v) is 10.4. The van der Waals surface area contributed by atoms with E-state index in [4.69, 9.17) is 0 Å². The van der Waals surface area contributed by atoms with E-state index in [-0.39, 0.29) is 5.92 Å². The number of halogens is 1. The van der Waals surface area contributed by atoms with Crippen LogP contribution >= 0.6 is 15.9 Å². The highest BCUT2D eigenvalue weighted by molar-refractivity contribution is 9.10. The second kappa shape index (κ2) is 6.94. The van der Waals surface area contributed by atoms with Gasteiger partial charge in [-0.3, -0.25) is 0 Å². The second-order valence-corrected chi connectivity index (χ2v) is 8.60. The molecule has 1 unspecified atom stereocenters. The van der Waals surface area contributed by atoms with Gasteiger partial charge in [0.2, 0.25) is 0 Å². The summed E-state index contributed by atoms with van der Waals surface area (Å²) in [5.41, 5.74) is 5.13. The molecule has 5 rings (SSSR count). The van der Waals surface area contributed by atoms with Gasteiger partial charge < -0.3 is 5.11 Å². The van der Waals surface area contributed by atoms with Gasteiger partial charge in [0.25, 0.3) is 0 Å². The maximum atomic E-state index is 11.7. The zero-order valence-electron chi connectivity index (χ0n) is 16.0. The molecule has 0 radical (unpaired) electrons. The molecule has 1 atom stereocenters. The highest BCUT2D eigenvalue weighted by atomic mass is 79.9. The second-order valence-electron chi connectivity index (χ2n) is 7.68. The van der Waals surface area contributed by atoms with Gasteiger partial charge >= 0.3 is 0 Å². The van der Waals surface area contributed by atoms with E-state index in [9.17, 15) is 5.11 Å². The number of benzene rings is 3. The maximum absolute atomic E-state index is 11.7. The Morgan fingerprint density at radius 3 is 2.14 bits per heavy atom. The molecular formula is C24H20BrN3O. The fraction of sp³-hybridized carbons (Fsp3) is 0.167. The van der Waals surface area contributed by atoms with Crippen molar-refractivity contribution in [2.24, 2.45) is 0 Å². The van der Waals surface area contributed by atoms with Crippen molar-refractivity contribution in [3.05, 3.63) is 106 Å². The molecule has 1 heterocycles. The molecule has 1 aliphatic rings. The predicted octanol–water partition coefficient (Wildman–Crippen LogP) is 5.11. The summed E-state index contributed by atoms with van der Waals surface area (Å²) < 4.78 is 2.82. The number of rotatable bonds is 4. The first kappa shape index (κ1) is 18.3. The third kappa shape index (κ3) is 3.11. The van der Waals surface area contributed by atoms with Crippen molar-refractivity contribution in [2.45, 2.75) is 25.0 Å². The zero-order valence-corrected chi connectivity index (χ0v) is 17.5. The topological polar surface area (TPSA) is 50.9 Å². The molecule has 0 bridgehead atoms. The molecule has 0 saturated heterocycles. The van der Waals surface area contributed by atoms with Gasteiger partial charge in [-0.05, 0) is 46.9 Å². The van der Waals surface area contributed by atoms with E-state index in [2.05, 4.69) is 50.5 Å². The van der Waals surface area contributed by atoms with E-state index in [1.54, 1.807) is 4.68 Å². The predicted molar refractivity (Wildman–Crippen MR) is 117 cm³/mol. The Bertz CT molecular complexity index is 1140. The third-order valence-electron chi connectivity index (χ3n) is 5.71. The fourth-order valence-corrected chi connectivity index (χ4v) is 4.56. The van der Waals surface area contributed by atoms with Gasteiger partial charge in [-0.2, -0.15) is 0 Å². The quantitative estimate of drug-likeness (QED) is 0.474. The Labute approximate surface area is 178 Å². The summed E-state index contributed by atoms with van der Waals surface area (Å²) in [6, 6.07) is 24.7. The smallest absolute Gasteiger partial charge is 0.118 e. The number of hydrogen-bond donors (Lipinski definition) is 1. The summed E-state index contributed by atoms with van der Waals surface area (Å²) in [5.74, 6) is -0.187. The van der Waals surface area contributed by atoms with Crippen LogP contribution in [-0.2, 0) is 12.1 Å². The van der Waals surface area contributed by atoms with E-state index in [1.165, 1.54) is 11.1 Å². The van der Waals surface area contributed by atoms with Crippen molar-refractivity contribution in [1.29, 1.82) is 0 Å². The Morgan fingerprint density at radius 1 is 0.931 bits per heavy atom. The lowest BCUT2D eigenvalue weighted by molar-refractivity contribution is 0.0360. The number of nitrogens with zero attached hydrogens (tertiary/aromatic N) is 3. The van der Waals surface area contributed by atoms with Gasteiger partial charge in [-0.1, -0.05) is 81.8 Å². The molecule has 0 aliphatic heterocycles. The van der Waals surface area contributed by atoms with Crippen LogP contribution in [0.4, 0.5) is 0 Å². The Balaban J connectivity index is 1.52. The number of hydrogen-bond acceptors (Lipinski definition) is 3. The number of aliphatic hydroxyl groups is 1. The van der Waals surface area contributed by atoms with Crippen LogP contribution in [0.2, 0.25) is 0 Å². The molecule has 0 amide bonds. The average Bonchev–Trinajstić information content (AvgIpc) is 3.33. The molecule has 0 saturated carbocycles. The van der Waals surface area contributed by atoms with Gasteiger partial charge in [-0.15, -0.1) is 5.10 Å². The normalized spacial score (nSPS) is 15.0. The average molecular weight is 446 g/mol. The maximum Gasteiger partial charge on any atom is 0.118 e. The summed E-state index contributed by atoms with van der Waals surface area (Å²) >= 11 is 3.46. The monoisotopic (exact) mass is 445 g/mol. The lowest BCUT2D eigenvalue weighted by Crippen LogP contribution is -2.30. The number of fused-ring (bicyclic) bond motifs is 3. The third-order valence-corrected chi connectivity index (χ3v) is 6.24. The van der Waals surface area contributed by atoms with Crippen LogP contribution < -0.4 is 0 Å². The lowest BCUT2D eigenvalue weighted by Gasteiger charge is -2.29. The summed E-state index contributed by atoms with van der Waals surface area (Å²) in [5, 5.41) is 20.3. The molecule has 0 spiro atoms. The molecular weight excluding hydrogens is 426 g/mol. The standard InChI is InChI=1S/C24H20BrN3O/c1-24(29,22-15-28(27-26-22)14-16-10-12-17(25)13-11-16)23-20-8-4-2-6-18(20)19-7-3-5-9-21(19)23/h2-13,15,23,29H,14H2,1H3. The van der Waals surface area contributed by atoms with Crippen LogP contribution in [-0.4, -0.2) is 20.1 Å². The Hall–Kier alpha value is -2.76. The van der Waals surface area contributed by atoms with Crippen LogP contribution in [0.5, 0.6) is 0 Å². The van der Waals surface area contributed by atoms with E-state index >= 15 is 0 Å². The lowest BCUT2D eigenvalue weighted by atomic mass is 9.80. The van der Waals surface area contributed by atoms with Crippen LogP contribution in [0.25, 0.3) is 11.1 Å². The number of aromatic nitrogens is 3. The van der Waals surface area contributed by atoms with Crippen molar-refractivity contribution in [3.63, 3.8) is 0 Å². The van der Waals surface area contributed by atoms with Crippen LogP contribution in [0.15, 0.2) is 83.5 Å². The van der Waals surface area contributed by atoms with Gasteiger partial charge in [0.15, 0.2) is 0 Å². The fourth-order valence-electron chi connectivity index (χ4n) is 4.29. The summed E-state index contributed by atoms with van der Waals surface area (Å²) in [7, 11) is 0. The molecule has 1 aromatic heterocycles. The van der Waals surface area contributed by atoms with Crippen molar-refractivity contribution in [2.75, 3.05) is 0 Å². The first-order valence-electron chi connectivity index (χ1n) is 9.59. The largest absolute Gasteiger partial charge is 0.383 e. The van der Waals surface area contributed by atoms with Crippen LogP contribution in [0.3, 0.4) is 0 Å². The van der Waals surface area contributed by atoms with Gasteiger partial charge in [0.05, 0.1) is 12.7 Å². The summed E-state index contributed by atoms with van der Waals surface area (Å²) in [6.45, 7) is 2.44. The van der Waals surface area contributed by atoms with E-state index in [0.29, 0.717) is 12.2 Å². The van der Waals surface area contributed by atoms with Crippen molar-refractivity contribution in [3.8, 4) is 11.1 Å². The molecule has 4 nitrogen and oxygen atoms in total. The van der Waals surface area contributed by atoms with E-state index in [0.717, 1.165) is 21.2 Å². The Kier molecular flexibility index (Phi) is 4.37.